The van der Waals surface area contributed by atoms with Crippen LogP contribution in [0.5, 0.6) is 0 Å². The molecule has 18 heavy (non-hydrogen) atoms. The molecule has 0 saturated heterocycles. The highest BCUT2D eigenvalue weighted by Crippen LogP contribution is 2.07. The molecule has 0 aliphatic heterocycles. The van der Waals surface area contributed by atoms with E-state index in [0.29, 0.717) is 6.54 Å². The SMILES string of the molecule is CCCCN(CCCC)Cc1cccc(CN)n1. The van der Waals surface area contributed by atoms with Gasteiger partial charge in [-0.3, -0.25) is 9.88 Å². The maximum Gasteiger partial charge on any atom is 0.0547 e. The Bertz CT molecular complexity index is 317. The molecule has 1 aromatic rings. The van der Waals surface area contributed by atoms with E-state index in [1.165, 1.54) is 38.8 Å². The van der Waals surface area contributed by atoms with Gasteiger partial charge in [-0.1, -0.05) is 32.8 Å². The Labute approximate surface area is 111 Å². The van der Waals surface area contributed by atoms with Gasteiger partial charge in [0.1, 0.15) is 0 Å². The van der Waals surface area contributed by atoms with Crippen molar-refractivity contribution < 1.29 is 0 Å². The van der Waals surface area contributed by atoms with Crippen molar-refractivity contribution in [2.75, 3.05) is 13.1 Å². The molecule has 0 aromatic carbocycles. The lowest BCUT2D eigenvalue weighted by atomic mass is 10.2. The maximum absolute atomic E-state index is 5.63. The van der Waals surface area contributed by atoms with E-state index in [1.807, 2.05) is 6.07 Å². The summed E-state index contributed by atoms with van der Waals surface area (Å²) in [6, 6.07) is 6.15. The number of aromatic nitrogens is 1. The van der Waals surface area contributed by atoms with Crippen molar-refractivity contribution in [1.82, 2.24) is 9.88 Å². The van der Waals surface area contributed by atoms with Crippen LogP contribution in [0.2, 0.25) is 0 Å². The van der Waals surface area contributed by atoms with Gasteiger partial charge in [-0.2, -0.15) is 0 Å². The van der Waals surface area contributed by atoms with Gasteiger partial charge in [0.05, 0.1) is 11.4 Å². The number of hydrogen-bond donors (Lipinski definition) is 1. The fraction of sp³-hybridized carbons (Fsp3) is 0.667. The molecule has 1 heterocycles. The van der Waals surface area contributed by atoms with E-state index in [-0.39, 0.29) is 0 Å². The molecule has 0 bridgehead atoms. The highest BCUT2D eigenvalue weighted by atomic mass is 15.1. The van der Waals surface area contributed by atoms with Gasteiger partial charge in [-0.05, 0) is 38.1 Å². The average molecular weight is 249 g/mol. The van der Waals surface area contributed by atoms with Crippen LogP contribution < -0.4 is 5.73 Å². The van der Waals surface area contributed by atoms with Gasteiger partial charge < -0.3 is 5.73 Å². The molecule has 102 valence electrons. The number of nitrogens with zero attached hydrogens (tertiary/aromatic N) is 2. The van der Waals surface area contributed by atoms with Gasteiger partial charge in [-0.25, -0.2) is 0 Å². The molecule has 1 rings (SSSR count). The van der Waals surface area contributed by atoms with E-state index in [2.05, 4.69) is 35.9 Å². The minimum absolute atomic E-state index is 0.526. The number of pyridine rings is 1. The summed E-state index contributed by atoms with van der Waals surface area (Å²) in [5, 5.41) is 0. The molecule has 0 spiro atoms. The summed E-state index contributed by atoms with van der Waals surface area (Å²) in [6.07, 6.45) is 5.03. The lowest BCUT2D eigenvalue weighted by Gasteiger charge is -2.21. The third-order valence-electron chi connectivity index (χ3n) is 3.11. The zero-order valence-electron chi connectivity index (χ0n) is 11.9. The highest BCUT2D eigenvalue weighted by Gasteiger charge is 2.06. The second-order valence-electron chi connectivity index (χ2n) is 4.81. The fourth-order valence-corrected chi connectivity index (χ4v) is 1.99. The second-order valence-corrected chi connectivity index (χ2v) is 4.81. The van der Waals surface area contributed by atoms with Crippen LogP contribution in [-0.4, -0.2) is 23.0 Å². The Balaban J connectivity index is 2.56. The third-order valence-corrected chi connectivity index (χ3v) is 3.11. The van der Waals surface area contributed by atoms with Crippen molar-refractivity contribution in [3.8, 4) is 0 Å². The largest absolute Gasteiger partial charge is 0.325 e. The van der Waals surface area contributed by atoms with E-state index in [4.69, 9.17) is 5.73 Å². The van der Waals surface area contributed by atoms with Crippen LogP contribution in [0.25, 0.3) is 0 Å². The van der Waals surface area contributed by atoms with Crippen LogP contribution in [0.15, 0.2) is 18.2 Å². The molecule has 2 N–H and O–H groups in total. The first-order valence-corrected chi connectivity index (χ1v) is 7.17. The molecule has 3 nitrogen and oxygen atoms in total. The molecule has 0 aliphatic rings. The smallest absolute Gasteiger partial charge is 0.0547 e. The molecule has 0 fully saturated rings. The molecule has 0 amide bonds. The zero-order chi connectivity index (χ0) is 13.2. The zero-order valence-corrected chi connectivity index (χ0v) is 11.9. The lowest BCUT2D eigenvalue weighted by Crippen LogP contribution is -2.26. The number of nitrogens with two attached hydrogens (primary N) is 1. The predicted octanol–water partition coefficient (Wildman–Crippen LogP) is 2.94. The van der Waals surface area contributed by atoms with Gasteiger partial charge in [0, 0.05) is 13.1 Å². The van der Waals surface area contributed by atoms with Crippen molar-refractivity contribution in [2.24, 2.45) is 5.73 Å². The number of unbranched alkanes of at least 4 members (excludes halogenated alkanes) is 2. The van der Waals surface area contributed by atoms with Crippen molar-refractivity contribution in [3.05, 3.63) is 29.6 Å². The van der Waals surface area contributed by atoms with E-state index in [0.717, 1.165) is 17.9 Å². The monoisotopic (exact) mass is 249 g/mol. The summed E-state index contributed by atoms with van der Waals surface area (Å²) in [6.45, 7) is 8.30. The van der Waals surface area contributed by atoms with E-state index in [1.54, 1.807) is 0 Å². The van der Waals surface area contributed by atoms with Crippen molar-refractivity contribution in [1.29, 1.82) is 0 Å². The molecule has 0 unspecified atom stereocenters. The Morgan fingerprint density at radius 2 is 1.67 bits per heavy atom. The first kappa shape index (κ1) is 15.1. The Morgan fingerprint density at radius 1 is 1.06 bits per heavy atom. The van der Waals surface area contributed by atoms with Crippen LogP contribution in [0.3, 0.4) is 0 Å². The third kappa shape index (κ3) is 5.61. The maximum atomic E-state index is 5.63. The van der Waals surface area contributed by atoms with Gasteiger partial charge in [0.15, 0.2) is 0 Å². The van der Waals surface area contributed by atoms with Crippen molar-refractivity contribution in [3.63, 3.8) is 0 Å². The predicted molar refractivity (Wildman–Crippen MR) is 77.2 cm³/mol. The molecule has 1 aromatic heterocycles. The fourth-order valence-electron chi connectivity index (χ4n) is 1.99. The van der Waals surface area contributed by atoms with E-state index < -0.39 is 0 Å². The highest BCUT2D eigenvalue weighted by molar-refractivity contribution is 5.10. The van der Waals surface area contributed by atoms with Gasteiger partial charge >= 0.3 is 0 Å². The minimum Gasteiger partial charge on any atom is -0.325 e. The summed E-state index contributed by atoms with van der Waals surface area (Å²) in [5.41, 5.74) is 7.76. The summed E-state index contributed by atoms with van der Waals surface area (Å²) < 4.78 is 0. The average Bonchev–Trinajstić information content (AvgIpc) is 2.42. The summed E-state index contributed by atoms with van der Waals surface area (Å²) in [7, 11) is 0. The summed E-state index contributed by atoms with van der Waals surface area (Å²) in [4.78, 5) is 7.09. The molecular formula is C15H27N3. The standard InChI is InChI=1S/C15H27N3/c1-3-5-10-18(11-6-4-2)13-15-9-7-8-14(12-16)17-15/h7-9H,3-6,10-13,16H2,1-2H3. The summed E-state index contributed by atoms with van der Waals surface area (Å²) in [5.74, 6) is 0. The number of hydrogen-bond acceptors (Lipinski definition) is 3. The minimum atomic E-state index is 0.526. The van der Waals surface area contributed by atoms with Gasteiger partial charge in [0.25, 0.3) is 0 Å². The summed E-state index contributed by atoms with van der Waals surface area (Å²) >= 11 is 0. The topological polar surface area (TPSA) is 42.1 Å². The number of rotatable bonds is 9. The molecule has 0 radical (unpaired) electrons. The van der Waals surface area contributed by atoms with E-state index in [9.17, 15) is 0 Å². The quantitative estimate of drug-likeness (QED) is 0.731. The van der Waals surface area contributed by atoms with Crippen molar-refractivity contribution in [2.45, 2.75) is 52.6 Å². The van der Waals surface area contributed by atoms with Crippen LogP contribution in [0, 0.1) is 0 Å². The second kappa shape index (κ2) is 9.06. The van der Waals surface area contributed by atoms with Crippen LogP contribution in [-0.2, 0) is 13.1 Å². The first-order valence-electron chi connectivity index (χ1n) is 7.17. The normalized spacial score (nSPS) is 11.1. The first-order chi connectivity index (χ1) is 8.80. The van der Waals surface area contributed by atoms with Gasteiger partial charge in [-0.15, -0.1) is 0 Å². The Morgan fingerprint density at radius 3 is 2.22 bits per heavy atom. The van der Waals surface area contributed by atoms with Gasteiger partial charge in [0.2, 0.25) is 0 Å². The van der Waals surface area contributed by atoms with Crippen molar-refractivity contribution >= 4 is 0 Å². The van der Waals surface area contributed by atoms with Crippen LogP contribution >= 0.6 is 0 Å². The Kier molecular flexibility index (Phi) is 7.62. The van der Waals surface area contributed by atoms with E-state index >= 15 is 0 Å². The Hall–Kier alpha value is -0.930. The molecule has 0 atom stereocenters. The lowest BCUT2D eigenvalue weighted by molar-refractivity contribution is 0.254. The van der Waals surface area contributed by atoms with Crippen LogP contribution in [0.1, 0.15) is 50.9 Å². The van der Waals surface area contributed by atoms with Crippen LogP contribution in [0.4, 0.5) is 0 Å². The molecule has 0 saturated carbocycles. The molecular weight excluding hydrogens is 222 g/mol. The molecule has 3 heteroatoms. The molecule has 0 aliphatic carbocycles.